The van der Waals surface area contributed by atoms with Crippen molar-refractivity contribution in [3.05, 3.63) is 11.5 Å². The van der Waals surface area contributed by atoms with Gasteiger partial charge in [-0.2, -0.15) is 0 Å². The van der Waals surface area contributed by atoms with Gasteiger partial charge in [0.2, 0.25) is 0 Å². The molecule has 0 aromatic rings. The lowest BCUT2D eigenvalue weighted by Crippen LogP contribution is -1.82. The Hall–Kier alpha value is -0.790. The minimum absolute atomic E-state index is 0.284. The number of hydrogen-bond acceptors (Lipinski definition) is 2. The molecule has 2 heteroatoms. The molecule has 0 bridgehead atoms. The van der Waals surface area contributed by atoms with Gasteiger partial charge in [-0.1, -0.05) is 13.3 Å². The summed E-state index contributed by atoms with van der Waals surface area (Å²) in [5, 5.41) is 8.89. The summed E-state index contributed by atoms with van der Waals surface area (Å²) < 4.78 is 0. The van der Waals surface area contributed by atoms with E-state index in [0.717, 1.165) is 12.8 Å². The van der Waals surface area contributed by atoms with Gasteiger partial charge in [0.1, 0.15) is 5.76 Å². The molecule has 0 saturated carbocycles. The zero-order chi connectivity index (χ0) is 7.28. The molecule has 0 aliphatic carbocycles. The summed E-state index contributed by atoms with van der Waals surface area (Å²) >= 11 is 0. The second-order valence-electron chi connectivity index (χ2n) is 1.94. The Morgan fingerprint density at radius 1 is 1.67 bits per heavy atom. The van der Waals surface area contributed by atoms with E-state index in [1.165, 1.54) is 0 Å². The predicted octanol–water partition coefficient (Wildman–Crippen LogP) is 2.28. The molecular weight excluding hydrogens is 114 g/mol. The predicted molar refractivity (Wildman–Crippen MR) is 39.8 cm³/mol. The molecule has 1 N–H and O–H groups in total. The molecule has 2 nitrogen and oxygen atoms in total. The summed E-state index contributed by atoms with van der Waals surface area (Å²) in [6.45, 7) is 6.99. The van der Waals surface area contributed by atoms with Gasteiger partial charge in [-0.3, -0.25) is 4.99 Å². The Kier molecular flexibility index (Phi) is 3.76. The average molecular weight is 127 g/mol. The van der Waals surface area contributed by atoms with E-state index in [0.29, 0.717) is 5.70 Å². The highest BCUT2D eigenvalue weighted by Crippen LogP contribution is 2.08. The number of aliphatic hydroxyl groups excluding tert-OH is 1. The Labute approximate surface area is 55.9 Å². The highest BCUT2D eigenvalue weighted by Gasteiger charge is 1.94. The third kappa shape index (κ3) is 2.90. The molecular formula is C7H13NO. The molecule has 0 saturated heterocycles. The SMILES string of the molecule is C=N/C(CCC)=C(/C)O. The first-order chi connectivity index (χ1) is 4.22. The lowest BCUT2D eigenvalue weighted by Gasteiger charge is -1.97. The van der Waals surface area contributed by atoms with Crippen molar-refractivity contribution in [2.75, 3.05) is 0 Å². The van der Waals surface area contributed by atoms with Gasteiger partial charge in [0, 0.05) is 0 Å². The quantitative estimate of drug-likeness (QED) is 0.458. The van der Waals surface area contributed by atoms with Crippen molar-refractivity contribution in [1.29, 1.82) is 0 Å². The van der Waals surface area contributed by atoms with Crippen LogP contribution in [0.25, 0.3) is 0 Å². The maximum Gasteiger partial charge on any atom is 0.111 e. The first kappa shape index (κ1) is 8.21. The van der Waals surface area contributed by atoms with Crippen molar-refractivity contribution >= 4 is 6.72 Å². The zero-order valence-corrected chi connectivity index (χ0v) is 6.02. The number of rotatable bonds is 3. The number of allylic oxidation sites excluding steroid dienone is 2. The van der Waals surface area contributed by atoms with Crippen LogP contribution in [0, 0.1) is 0 Å². The van der Waals surface area contributed by atoms with Gasteiger partial charge >= 0.3 is 0 Å². The Morgan fingerprint density at radius 3 is 2.33 bits per heavy atom. The minimum Gasteiger partial charge on any atom is -0.511 e. The van der Waals surface area contributed by atoms with Gasteiger partial charge in [-0.05, 0) is 20.1 Å². The lowest BCUT2D eigenvalue weighted by molar-refractivity contribution is 0.403. The van der Waals surface area contributed by atoms with Gasteiger partial charge in [0.15, 0.2) is 0 Å². The van der Waals surface area contributed by atoms with Crippen molar-refractivity contribution in [3.63, 3.8) is 0 Å². The second kappa shape index (κ2) is 4.13. The summed E-state index contributed by atoms with van der Waals surface area (Å²) in [7, 11) is 0. The van der Waals surface area contributed by atoms with E-state index in [1.807, 2.05) is 6.92 Å². The topological polar surface area (TPSA) is 32.6 Å². The van der Waals surface area contributed by atoms with E-state index in [-0.39, 0.29) is 5.76 Å². The van der Waals surface area contributed by atoms with Crippen LogP contribution in [0.4, 0.5) is 0 Å². The summed E-state index contributed by atoms with van der Waals surface area (Å²) in [4.78, 5) is 3.66. The fourth-order valence-electron chi connectivity index (χ4n) is 0.611. The molecule has 0 aromatic carbocycles. The van der Waals surface area contributed by atoms with Crippen molar-refractivity contribution in [3.8, 4) is 0 Å². The smallest absolute Gasteiger partial charge is 0.111 e. The Balaban J connectivity index is 3.98. The van der Waals surface area contributed by atoms with Crippen LogP contribution in [-0.4, -0.2) is 11.8 Å². The lowest BCUT2D eigenvalue weighted by atomic mass is 10.2. The van der Waals surface area contributed by atoms with E-state index in [4.69, 9.17) is 5.11 Å². The number of aliphatic hydroxyl groups is 1. The second-order valence-corrected chi connectivity index (χ2v) is 1.94. The van der Waals surface area contributed by atoms with Gasteiger partial charge < -0.3 is 5.11 Å². The van der Waals surface area contributed by atoms with Crippen LogP contribution in [0.2, 0.25) is 0 Å². The molecule has 0 aromatic heterocycles. The van der Waals surface area contributed by atoms with Crippen molar-refractivity contribution in [2.24, 2.45) is 4.99 Å². The normalized spacial score (nSPS) is 12.7. The summed E-state index contributed by atoms with van der Waals surface area (Å²) in [6, 6.07) is 0. The van der Waals surface area contributed by atoms with E-state index in [9.17, 15) is 0 Å². The van der Waals surface area contributed by atoms with Crippen LogP contribution in [0.5, 0.6) is 0 Å². The third-order valence-electron chi connectivity index (χ3n) is 1.10. The molecule has 0 aliphatic heterocycles. The largest absolute Gasteiger partial charge is 0.511 e. The molecule has 52 valence electrons. The van der Waals surface area contributed by atoms with Crippen molar-refractivity contribution in [1.82, 2.24) is 0 Å². The fraction of sp³-hybridized carbons (Fsp3) is 0.571. The molecule has 0 rings (SSSR count). The Morgan fingerprint density at radius 2 is 2.22 bits per heavy atom. The van der Waals surface area contributed by atoms with E-state index in [2.05, 4.69) is 11.7 Å². The third-order valence-corrected chi connectivity index (χ3v) is 1.10. The summed E-state index contributed by atoms with van der Waals surface area (Å²) in [5.74, 6) is 0.284. The van der Waals surface area contributed by atoms with Crippen LogP contribution >= 0.6 is 0 Å². The molecule has 0 atom stereocenters. The highest BCUT2D eigenvalue weighted by atomic mass is 16.3. The molecule has 0 unspecified atom stereocenters. The van der Waals surface area contributed by atoms with Gasteiger partial charge in [0.25, 0.3) is 0 Å². The summed E-state index contributed by atoms with van der Waals surface area (Å²) in [6.07, 6.45) is 1.80. The van der Waals surface area contributed by atoms with Crippen LogP contribution in [-0.2, 0) is 0 Å². The van der Waals surface area contributed by atoms with Crippen LogP contribution in [0.3, 0.4) is 0 Å². The van der Waals surface area contributed by atoms with Crippen LogP contribution in [0.1, 0.15) is 26.7 Å². The first-order valence-corrected chi connectivity index (χ1v) is 3.07. The highest BCUT2D eigenvalue weighted by molar-refractivity contribution is 5.29. The zero-order valence-electron chi connectivity index (χ0n) is 6.02. The molecule has 9 heavy (non-hydrogen) atoms. The number of nitrogens with zero attached hydrogens (tertiary/aromatic N) is 1. The number of hydrogen-bond donors (Lipinski definition) is 1. The van der Waals surface area contributed by atoms with Crippen LogP contribution < -0.4 is 0 Å². The molecule has 0 fully saturated rings. The number of aliphatic imine (C=N–C) groups is 1. The molecule has 0 spiro atoms. The monoisotopic (exact) mass is 127 g/mol. The van der Waals surface area contributed by atoms with Gasteiger partial charge in [0.05, 0.1) is 5.70 Å². The maximum atomic E-state index is 8.89. The molecule has 0 aliphatic rings. The first-order valence-electron chi connectivity index (χ1n) is 3.07. The van der Waals surface area contributed by atoms with Crippen LogP contribution in [0.15, 0.2) is 16.4 Å². The maximum absolute atomic E-state index is 8.89. The average Bonchev–Trinajstić information content (AvgIpc) is 1.82. The van der Waals surface area contributed by atoms with E-state index < -0.39 is 0 Å². The molecule has 0 amide bonds. The summed E-state index contributed by atoms with van der Waals surface area (Å²) in [5.41, 5.74) is 0.706. The van der Waals surface area contributed by atoms with Gasteiger partial charge in [-0.15, -0.1) is 0 Å². The van der Waals surface area contributed by atoms with E-state index >= 15 is 0 Å². The molecule has 0 heterocycles. The minimum atomic E-state index is 0.284. The van der Waals surface area contributed by atoms with E-state index in [1.54, 1.807) is 6.92 Å². The fourth-order valence-corrected chi connectivity index (χ4v) is 0.611. The molecule has 0 radical (unpaired) electrons. The van der Waals surface area contributed by atoms with Crippen molar-refractivity contribution < 1.29 is 5.11 Å². The van der Waals surface area contributed by atoms with Crippen molar-refractivity contribution in [2.45, 2.75) is 26.7 Å². The Bertz CT molecular complexity index is 123. The standard InChI is InChI=1S/C7H13NO/c1-4-5-7(8-3)6(2)9/h9H,3-5H2,1-2H3/b7-6-. The van der Waals surface area contributed by atoms with Gasteiger partial charge in [-0.25, -0.2) is 0 Å².